The first-order valence-electron chi connectivity index (χ1n) is 8.92. The van der Waals surface area contributed by atoms with E-state index in [1.54, 1.807) is 29.1 Å². The zero-order chi connectivity index (χ0) is 20.6. The summed E-state index contributed by atoms with van der Waals surface area (Å²) in [6.07, 6.45) is 4.92. The maximum Gasteiger partial charge on any atom is 0.346 e. The molecule has 2 aromatic heterocycles. The van der Waals surface area contributed by atoms with E-state index in [9.17, 15) is 22.0 Å². The average molecular weight is 421 g/mol. The van der Waals surface area contributed by atoms with Crippen LogP contribution in [0.4, 0.5) is 8.78 Å². The fourth-order valence-electron chi connectivity index (χ4n) is 3.02. The van der Waals surface area contributed by atoms with E-state index in [1.165, 1.54) is 0 Å². The average Bonchev–Trinajstić information content (AvgIpc) is 3.46. The summed E-state index contributed by atoms with van der Waals surface area (Å²) in [5.41, 5.74) is 0.298. The molecule has 1 aliphatic carbocycles. The molecule has 4 rings (SSSR count). The largest absolute Gasteiger partial charge is 0.346 e. The van der Waals surface area contributed by atoms with E-state index >= 15 is 0 Å². The summed E-state index contributed by atoms with van der Waals surface area (Å²) in [6.45, 7) is -0.356. The van der Waals surface area contributed by atoms with Crippen LogP contribution >= 0.6 is 0 Å². The van der Waals surface area contributed by atoms with Crippen LogP contribution < -0.4 is 10.4 Å². The number of sulfonamides is 1. The van der Waals surface area contributed by atoms with Gasteiger partial charge in [0.05, 0.1) is 6.54 Å². The van der Waals surface area contributed by atoms with Crippen LogP contribution in [0.2, 0.25) is 0 Å². The summed E-state index contributed by atoms with van der Waals surface area (Å²) in [6, 6.07) is 6.36. The Bertz CT molecular complexity index is 1180. The van der Waals surface area contributed by atoms with Gasteiger partial charge in [0.1, 0.15) is 11.6 Å². The molecule has 0 amide bonds. The Balaban J connectivity index is 1.56. The van der Waals surface area contributed by atoms with E-state index in [1.807, 2.05) is 0 Å². The first-order chi connectivity index (χ1) is 13.9. The van der Waals surface area contributed by atoms with Gasteiger partial charge in [-0.05, 0) is 37.1 Å². The van der Waals surface area contributed by atoms with Crippen LogP contribution in [0.1, 0.15) is 18.9 Å². The number of aromatic nitrogens is 4. The van der Waals surface area contributed by atoms with E-state index in [0.29, 0.717) is 11.4 Å². The van der Waals surface area contributed by atoms with Gasteiger partial charge < -0.3 is 0 Å². The fraction of sp³-hybridized carbons (Fsp3) is 0.278. The third-order valence-electron chi connectivity index (χ3n) is 4.51. The SMILES string of the molecule is O=c1n(CCNS(=O)(=O)c2c(F)cccc2F)nc(-c2cccnc2)n1C1CC1. The van der Waals surface area contributed by atoms with E-state index in [4.69, 9.17) is 0 Å². The van der Waals surface area contributed by atoms with Crippen LogP contribution in [0.3, 0.4) is 0 Å². The third-order valence-corrected chi connectivity index (χ3v) is 6.02. The lowest BCUT2D eigenvalue weighted by atomic mass is 10.3. The molecule has 0 radical (unpaired) electrons. The van der Waals surface area contributed by atoms with Crippen LogP contribution in [0.25, 0.3) is 11.4 Å². The normalized spacial score (nSPS) is 14.3. The highest BCUT2D eigenvalue weighted by Gasteiger charge is 2.30. The van der Waals surface area contributed by atoms with Crippen LogP contribution in [0.5, 0.6) is 0 Å². The summed E-state index contributed by atoms with van der Waals surface area (Å²) in [4.78, 5) is 15.7. The summed E-state index contributed by atoms with van der Waals surface area (Å²) < 4.78 is 56.9. The molecule has 0 spiro atoms. The smallest absolute Gasteiger partial charge is 0.272 e. The molecule has 152 valence electrons. The molecule has 1 aromatic carbocycles. The van der Waals surface area contributed by atoms with Crippen molar-refractivity contribution in [3.8, 4) is 11.4 Å². The van der Waals surface area contributed by atoms with Crippen molar-refractivity contribution >= 4 is 10.0 Å². The third kappa shape index (κ3) is 3.83. The number of nitrogens with one attached hydrogen (secondary N) is 1. The molecule has 1 fully saturated rings. The van der Waals surface area contributed by atoms with Gasteiger partial charge in [-0.3, -0.25) is 9.55 Å². The maximum absolute atomic E-state index is 13.8. The van der Waals surface area contributed by atoms with Crippen LogP contribution in [-0.4, -0.2) is 34.3 Å². The molecular formula is C18H17F2N5O3S. The molecule has 2 heterocycles. The number of rotatable bonds is 7. The fourth-order valence-corrected chi connectivity index (χ4v) is 4.17. The number of hydrogen-bond donors (Lipinski definition) is 1. The Kier molecular flexibility index (Phi) is 5.01. The highest BCUT2D eigenvalue weighted by atomic mass is 32.2. The molecule has 29 heavy (non-hydrogen) atoms. The molecule has 1 aliphatic rings. The van der Waals surface area contributed by atoms with E-state index in [0.717, 1.165) is 35.7 Å². The van der Waals surface area contributed by atoms with E-state index in [2.05, 4.69) is 14.8 Å². The summed E-state index contributed by atoms with van der Waals surface area (Å²) in [5.74, 6) is -1.92. The van der Waals surface area contributed by atoms with Crippen molar-refractivity contribution in [3.63, 3.8) is 0 Å². The first-order valence-corrected chi connectivity index (χ1v) is 10.4. The van der Waals surface area contributed by atoms with Gasteiger partial charge in [0.15, 0.2) is 10.7 Å². The summed E-state index contributed by atoms with van der Waals surface area (Å²) in [5, 5.41) is 4.31. The van der Waals surface area contributed by atoms with Crippen LogP contribution in [0.15, 0.2) is 52.4 Å². The topological polar surface area (TPSA) is 98.9 Å². The Hall–Kier alpha value is -2.92. The lowest BCUT2D eigenvalue weighted by molar-refractivity contribution is 0.508. The summed E-state index contributed by atoms with van der Waals surface area (Å²) in [7, 11) is -4.42. The predicted molar refractivity (Wildman–Crippen MR) is 99.5 cm³/mol. The van der Waals surface area contributed by atoms with Crippen LogP contribution in [0, 0.1) is 11.6 Å². The summed E-state index contributed by atoms with van der Waals surface area (Å²) >= 11 is 0. The van der Waals surface area contributed by atoms with Gasteiger partial charge >= 0.3 is 5.69 Å². The van der Waals surface area contributed by atoms with Gasteiger partial charge in [0, 0.05) is 30.5 Å². The molecule has 1 N–H and O–H groups in total. The Labute approximate surface area is 164 Å². The minimum absolute atomic E-state index is 0.0515. The molecule has 0 atom stereocenters. The second-order valence-corrected chi connectivity index (χ2v) is 8.32. The maximum atomic E-state index is 13.8. The molecule has 8 nitrogen and oxygen atoms in total. The molecule has 0 bridgehead atoms. The Morgan fingerprint density at radius 3 is 2.48 bits per heavy atom. The van der Waals surface area contributed by atoms with Gasteiger partial charge in [-0.2, -0.15) is 0 Å². The second-order valence-electron chi connectivity index (χ2n) is 6.62. The molecule has 0 unspecified atom stereocenters. The van der Waals surface area contributed by atoms with Gasteiger partial charge in [-0.25, -0.2) is 31.4 Å². The van der Waals surface area contributed by atoms with Gasteiger partial charge in [0.25, 0.3) is 0 Å². The van der Waals surface area contributed by atoms with Crippen molar-refractivity contribution in [3.05, 3.63) is 64.8 Å². The van der Waals surface area contributed by atoms with E-state index in [-0.39, 0.29) is 24.8 Å². The van der Waals surface area contributed by atoms with Gasteiger partial charge in [-0.1, -0.05) is 6.07 Å². The lowest BCUT2D eigenvalue weighted by Gasteiger charge is -2.08. The lowest BCUT2D eigenvalue weighted by Crippen LogP contribution is -2.32. The molecule has 0 saturated heterocycles. The molecular weight excluding hydrogens is 404 g/mol. The quantitative estimate of drug-likeness (QED) is 0.626. The Morgan fingerprint density at radius 2 is 1.86 bits per heavy atom. The highest BCUT2D eigenvalue weighted by molar-refractivity contribution is 7.89. The van der Waals surface area contributed by atoms with Crippen molar-refractivity contribution < 1.29 is 17.2 Å². The van der Waals surface area contributed by atoms with Crippen molar-refractivity contribution in [2.75, 3.05) is 6.54 Å². The zero-order valence-electron chi connectivity index (χ0n) is 15.1. The van der Waals surface area contributed by atoms with Crippen molar-refractivity contribution in [2.45, 2.75) is 30.3 Å². The zero-order valence-corrected chi connectivity index (χ0v) is 15.9. The number of hydrogen-bond acceptors (Lipinski definition) is 5. The van der Waals surface area contributed by atoms with Crippen LogP contribution in [-0.2, 0) is 16.6 Å². The van der Waals surface area contributed by atoms with E-state index < -0.39 is 26.6 Å². The van der Waals surface area contributed by atoms with Gasteiger partial charge in [0.2, 0.25) is 10.0 Å². The van der Waals surface area contributed by atoms with Crippen molar-refractivity contribution in [2.24, 2.45) is 0 Å². The predicted octanol–water partition coefficient (Wildman–Crippen LogP) is 1.70. The molecule has 3 aromatic rings. The number of nitrogens with zero attached hydrogens (tertiary/aromatic N) is 4. The molecule has 11 heteroatoms. The monoisotopic (exact) mass is 421 g/mol. The minimum atomic E-state index is -4.42. The molecule has 0 aliphatic heterocycles. The molecule has 1 saturated carbocycles. The number of pyridine rings is 1. The first kappa shape index (κ1) is 19.4. The van der Waals surface area contributed by atoms with Crippen molar-refractivity contribution in [1.82, 2.24) is 24.1 Å². The van der Waals surface area contributed by atoms with Crippen molar-refractivity contribution in [1.29, 1.82) is 0 Å². The minimum Gasteiger partial charge on any atom is -0.272 e. The highest BCUT2D eigenvalue weighted by Crippen LogP contribution is 2.36. The second kappa shape index (κ2) is 7.48. The number of halogens is 2. The standard InChI is InChI=1S/C18H17F2N5O3S/c19-14-4-1-5-15(20)16(14)29(27,28)22-9-10-24-18(26)25(13-6-7-13)17(23-24)12-3-2-8-21-11-12/h1-5,8,11,13,22H,6-7,9-10H2. The Morgan fingerprint density at radius 1 is 1.14 bits per heavy atom. The number of benzene rings is 1. The van der Waals surface area contributed by atoms with Gasteiger partial charge in [-0.15, -0.1) is 5.10 Å².